The molecule has 0 aromatic heterocycles. The molecule has 0 heterocycles. The van der Waals surface area contributed by atoms with Crippen LogP contribution in [0.4, 0.5) is 0 Å². The van der Waals surface area contributed by atoms with Crippen molar-refractivity contribution in [3.8, 4) is 5.75 Å². The number of rotatable bonds is 4. The molecule has 0 aliphatic heterocycles. The Morgan fingerprint density at radius 3 is 2.79 bits per heavy atom. The van der Waals surface area contributed by atoms with E-state index < -0.39 is 0 Å². The summed E-state index contributed by atoms with van der Waals surface area (Å²) in [5.74, 6) is 0.814. The van der Waals surface area contributed by atoms with Crippen LogP contribution in [0.1, 0.15) is 18.5 Å². The van der Waals surface area contributed by atoms with E-state index >= 15 is 0 Å². The van der Waals surface area contributed by atoms with Crippen molar-refractivity contribution in [1.82, 2.24) is 0 Å². The number of hydrogen-bond donors (Lipinski definition) is 2. The highest BCUT2D eigenvalue weighted by Crippen LogP contribution is 2.27. The number of benzene rings is 1. The van der Waals surface area contributed by atoms with Gasteiger partial charge < -0.3 is 16.2 Å². The Balaban J connectivity index is 3.02. The predicted octanol–water partition coefficient (Wildman–Crippen LogP) is 1.81. The van der Waals surface area contributed by atoms with E-state index in [1.54, 1.807) is 0 Å². The molecule has 0 fully saturated rings. The highest BCUT2D eigenvalue weighted by Gasteiger charge is 2.10. The smallest absolute Gasteiger partial charge is 0.124 e. The summed E-state index contributed by atoms with van der Waals surface area (Å²) >= 11 is 3.39. The molecule has 0 saturated carbocycles. The van der Waals surface area contributed by atoms with E-state index in [4.69, 9.17) is 16.2 Å². The van der Waals surface area contributed by atoms with Gasteiger partial charge in [0, 0.05) is 22.6 Å². The SMILES string of the molecule is CCOc1ccc(Br)cc1C(N)CN. The molecule has 1 rings (SSSR count). The summed E-state index contributed by atoms with van der Waals surface area (Å²) < 4.78 is 6.44. The Kier molecular flexibility index (Phi) is 4.38. The second-order valence-electron chi connectivity index (χ2n) is 2.96. The van der Waals surface area contributed by atoms with Crippen LogP contribution in [0.2, 0.25) is 0 Å². The van der Waals surface area contributed by atoms with Crippen molar-refractivity contribution in [2.45, 2.75) is 13.0 Å². The van der Waals surface area contributed by atoms with Gasteiger partial charge in [0.1, 0.15) is 5.75 Å². The first-order valence-electron chi connectivity index (χ1n) is 4.57. The summed E-state index contributed by atoms with van der Waals surface area (Å²) in [6.07, 6.45) is 0. The van der Waals surface area contributed by atoms with Crippen molar-refractivity contribution in [2.24, 2.45) is 11.5 Å². The van der Waals surface area contributed by atoms with Crippen LogP contribution < -0.4 is 16.2 Å². The lowest BCUT2D eigenvalue weighted by Gasteiger charge is -2.15. The molecule has 4 N–H and O–H groups in total. The highest BCUT2D eigenvalue weighted by molar-refractivity contribution is 9.10. The van der Waals surface area contributed by atoms with Crippen molar-refractivity contribution < 1.29 is 4.74 Å². The minimum absolute atomic E-state index is 0.172. The second kappa shape index (κ2) is 5.34. The van der Waals surface area contributed by atoms with E-state index in [2.05, 4.69) is 15.9 Å². The normalized spacial score (nSPS) is 12.6. The maximum absolute atomic E-state index is 5.87. The predicted molar refractivity (Wildman–Crippen MR) is 61.3 cm³/mol. The van der Waals surface area contributed by atoms with Gasteiger partial charge in [0.05, 0.1) is 6.61 Å². The van der Waals surface area contributed by atoms with Crippen LogP contribution in [-0.4, -0.2) is 13.2 Å². The van der Waals surface area contributed by atoms with Gasteiger partial charge in [0.2, 0.25) is 0 Å². The largest absolute Gasteiger partial charge is 0.494 e. The molecule has 0 bridgehead atoms. The molecule has 1 aromatic carbocycles. The van der Waals surface area contributed by atoms with Crippen molar-refractivity contribution in [3.63, 3.8) is 0 Å². The Labute approximate surface area is 92.6 Å². The third-order valence-corrected chi connectivity index (χ3v) is 2.42. The molecule has 0 radical (unpaired) electrons. The quantitative estimate of drug-likeness (QED) is 0.866. The summed E-state index contributed by atoms with van der Waals surface area (Å²) in [5.41, 5.74) is 12.3. The molecule has 0 aliphatic carbocycles. The van der Waals surface area contributed by atoms with Gasteiger partial charge in [0.15, 0.2) is 0 Å². The van der Waals surface area contributed by atoms with Crippen LogP contribution >= 0.6 is 15.9 Å². The molecule has 3 nitrogen and oxygen atoms in total. The number of nitrogens with two attached hydrogens (primary N) is 2. The Morgan fingerprint density at radius 1 is 1.50 bits per heavy atom. The lowest BCUT2D eigenvalue weighted by atomic mass is 10.1. The summed E-state index contributed by atoms with van der Waals surface area (Å²) in [6, 6.07) is 5.60. The zero-order chi connectivity index (χ0) is 10.6. The molecule has 1 atom stereocenters. The van der Waals surface area contributed by atoms with E-state index in [1.807, 2.05) is 25.1 Å². The molecule has 14 heavy (non-hydrogen) atoms. The van der Waals surface area contributed by atoms with E-state index in [9.17, 15) is 0 Å². The summed E-state index contributed by atoms with van der Waals surface area (Å²) in [4.78, 5) is 0. The number of hydrogen-bond acceptors (Lipinski definition) is 3. The first-order chi connectivity index (χ1) is 6.69. The molecule has 0 aliphatic rings. The zero-order valence-electron chi connectivity index (χ0n) is 8.16. The van der Waals surface area contributed by atoms with Crippen LogP contribution in [0.3, 0.4) is 0 Å². The maximum atomic E-state index is 5.87. The number of halogens is 1. The fourth-order valence-electron chi connectivity index (χ4n) is 1.22. The lowest BCUT2D eigenvalue weighted by Crippen LogP contribution is -2.21. The Bertz CT molecular complexity index is 304. The van der Waals surface area contributed by atoms with Crippen LogP contribution in [0, 0.1) is 0 Å². The molecule has 1 aromatic rings. The lowest BCUT2D eigenvalue weighted by molar-refractivity contribution is 0.334. The average Bonchev–Trinajstić information content (AvgIpc) is 2.20. The van der Waals surface area contributed by atoms with Gasteiger partial charge in [-0.2, -0.15) is 0 Å². The van der Waals surface area contributed by atoms with Gasteiger partial charge in [0.25, 0.3) is 0 Å². The van der Waals surface area contributed by atoms with Crippen LogP contribution in [0.25, 0.3) is 0 Å². The second-order valence-corrected chi connectivity index (χ2v) is 3.87. The van der Waals surface area contributed by atoms with Gasteiger partial charge in [-0.25, -0.2) is 0 Å². The zero-order valence-corrected chi connectivity index (χ0v) is 9.75. The monoisotopic (exact) mass is 258 g/mol. The van der Waals surface area contributed by atoms with Gasteiger partial charge in [-0.15, -0.1) is 0 Å². The highest BCUT2D eigenvalue weighted by atomic mass is 79.9. The number of ether oxygens (including phenoxy) is 1. The van der Waals surface area contributed by atoms with Crippen LogP contribution in [0.5, 0.6) is 5.75 Å². The Hall–Kier alpha value is -0.580. The van der Waals surface area contributed by atoms with Gasteiger partial charge in [-0.1, -0.05) is 15.9 Å². The maximum Gasteiger partial charge on any atom is 0.124 e. The summed E-state index contributed by atoms with van der Waals surface area (Å²) in [6.45, 7) is 2.99. The van der Waals surface area contributed by atoms with Crippen molar-refractivity contribution in [3.05, 3.63) is 28.2 Å². The first kappa shape index (κ1) is 11.5. The topological polar surface area (TPSA) is 61.3 Å². The third-order valence-electron chi connectivity index (χ3n) is 1.93. The van der Waals surface area contributed by atoms with Crippen molar-refractivity contribution >= 4 is 15.9 Å². The minimum atomic E-state index is -0.172. The van der Waals surface area contributed by atoms with Gasteiger partial charge in [-0.3, -0.25) is 0 Å². The molecule has 4 heteroatoms. The van der Waals surface area contributed by atoms with E-state index in [1.165, 1.54) is 0 Å². The Morgan fingerprint density at radius 2 is 2.21 bits per heavy atom. The first-order valence-corrected chi connectivity index (χ1v) is 5.36. The van der Waals surface area contributed by atoms with E-state index in [0.717, 1.165) is 15.8 Å². The van der Waals surface area contributed by atoms with Crippen LogP contribution in [0.15, 0.2) is 22.7 Å². The molecule has 0 amide bonds. The third kappa shape index (κ3) is 2.70. The minimum Gasteiger partial charge on any atom is -0.494 e. The van der Waals surface area contributed by atoms with Crippen LogP contribution in [-0.2, 0) is 0 Å². The molecule has 78 valence electrons. The molecule has 0 saturated heterocycles. The molecule has 0 spiro atoms. The van der Waals surface area contributed by atoms with Crippen molar-refractivity contribution in [1.29, 1.82) is 0 Å². The van der Waals surface area contributed by atoms with Gasteiger partial charge in [-0.05, 0) is 25.1 Å². The summed E-state index contributed by atoms with van der Waals surface area (Å²) in [7, 11) is 0. The van der Waals surface area contributed by atoms with E-state index in [0.29, 0.717) is 13.2 Å². The molecule has 1 unspecified atom stereocenters. The fourth-order valence-corrected chi connectivity index (χ4v) is 1.60. The standard InChI is InChI=1S/C10H15BrN2O/c1-2-14-10-4-3-7(11)5-8(10)9(13)6-12/h3-5,9H,2,6,12-13H2,1H3. The average molecular weight is 259 g/mol. The van der Waals surface area contributed by atoms with Gasteiger partial charge >= 0.3 is 0 Å². The molecular formula is C10H15BrN2O. The van der Waals surface area contributed by atoms with Crippen molar-refractivity contribution in [2.75, 3.05) is 13.2 Å². The molecular weight excluding hydrogens is 244 g/mol. The van der Waals surface area contributed by atoms with E-state index in [-0.39, 0.29) is 6.04 Å². The summed E-state index contributed by atoms with van der Waals surface area (Å²) in [5, 5.41) is 0. The fraction of sp³-hybridized carbons (Fsp3) is 0.400.